The van der Waals surface area contributed by atoms with Crippen LogP contribution in [0.3, 0.4) is 0 Å². The average Bonchev–Trinajstić information content (AvgIpc) is 3.74. The van der Waals surface area contributed by atoms with Crippen LogP contribution in [0, 0.1) is 23.7 Å². The highest BCUT2D eigenvalue weighted by molar-refractivity contribution is 7.25. The Labute approximate surface area is 321 Å². The maximum absolute atomic E-state index is 2.57. The number of benzene rings is 7. The van der Waals surface area contributed by atoms with Gasteiger partial charge in [-0.3, -0.25) is 0 Å². The molecular weight excluding hydrogens is 671 g/mol. The molecule has 5 aliphatic rings. The molecule has 4 saturated carbocycles. The van der Waals surface area contributed by atoms with Gasteiger partial charge in [-0.05, 0) is 137 Å². The van der Waals surface area contributed by atoms with E-state index in [1.807, 2.05) is 11.3 Å². The van der Waals surface area contributed by atoms with Crippen LogP contribution in [0.5, 0.6) is 0 Å². The summed E-state index contributed by atoms with van der Waals surface area (Å²) in [4.78, 5) is 2.55. The highest BCUT2D eigenvalue weighted by Gasteiger charge is 2.61. The van der Waals surface area contributed by atoms with Crippen LogP contribution < -0.4 is 4.90 Å². The van der Waals surface area contributed by atoms with E-state index >= 15 is 0 Å². The fourth-order valence-corrected chi connectivity index (χ4v) is 13.1. The molecule has 8 aromatic rings. The summed E-state index contributed by atoms with van der Waals surface area (Å²) in [6, 6.07) is 61.9. The van der Waals surface area contributed by atoms with Crippen LogP contribution in [0.25, 0.3) is 53.6 Å². The number of anilines is 3. The van der Waals surface area contributed by atoms with E-state index in [0.29, 0.717) is 0 Å². The molecule has 0 saturated heterocycles. The largest absolute Gasteiger partial charge is 0.310 e. The molecule has 4 bridgehead atoms. The van der Waals surface area contributed by atoms with Crippen molar-refractivity contribution in [1.29, 1.82) is 0 Å². The summed E-state index contributed by atoms with van der Waals surface area (Å²) in [5, 5.41) is 2.66. The lowest BCUT2D eigenvalue weighted by atomic mass is 9.43. The van der Waals surface area contributed by atoms with Crippen molar-refractivity contribution in [2.24, 2.45) is 23.7 Å². The molecule has 0 radical (unpaired) electrons. The number of hydrogen-bond donors (Lipinski definition) is 0. The summed E-state index contributed by atoms with van der Waals surface area (Å²) >= 11 is 1.90. The Morgan fingerprint density at radius 1 is 0.426 bits per heavy atom. The van der Waals surface area contributed by atoms with Gasteiger partial charge in [0.25, 0.3) is 0 Å². The molecule has 1 spiro atoms. The maximum Gasteiger partial charge on any atom is 0.0540 e. The minimum atomic E-state index is 0.158. The Morgan fingerprint density at radius 3 is 1.85 bits per heavy atom. The van der Waals surface area contributed by atoms with E-state index in [-0.39, 0.29) is 5.41 Å². The molecule has 2 heteroatoms. The number of nitrogens with zero attached hydrogens (tertiary/aromatic N) is 1. The fraction of sp³-hybridized carbons (Fsp3) is 0.192. The second kappa shape index (κ2) is 11.8. The molecule has 5 aliphatic carbocycles. The third kappa shape index (κ3) is 4.44. The summed E-state index contributed by atoms with van der Waals surface area (Å²) in [5.74, 6) is 3.37. The van der Waals surface area contributed by atoms with Crippen LogP contribution >= 0.6 is 11.3 Å². The number of thiophene rings is 1. The van der Waals surface area contributed by atoms with Crippen LogP contribution in [-0.2, 0) is 5.41 Å². The first-order valence-corrected chi connectivity index (χ1v) is 20.7. The van der Waals surface area contributed by atoms with E-state index in [9.17, 15) is 0 Å². The second-order valence-corrected chi connectivity index (χ2v) is 17.6. The summed E-state index contributed by atoms with van der Waals surface area (Å²) in [7, 11) is 0. The zero-order chi connectivity index (χ0) is 35.4. The van der Waals surface area contributed by atoms with Gasteiger partial charge in [0.15, 0.2) is 0 Å². The standard InChI is InChI=1S/C52H41NS/c1-3-11-35(12-4-1)37-19-24-49(45(30-37)36-13-5-2-6-14-36)53(41-20-22-44-43-16-8-10-18-50(43)54-51(44)32-41)40-21-23-48-46(31-40)42-15-7-9-17-47(42)52(48)38-26-33-25-34(28-38)29-39(52)27-33/h1-24,30-34,38-39H,25-29H2. The van der Waals surface area contributed by atoms with Crippen molar-refractivity contribution in [3.8, 4) is 33.4 Å². The lowest BCUT2D eigenvalue weighted by molar-refractivity contribution is -0.0399. The molecule has 13 rings (SSSR count). The van der Waals surface area contributed by atoms with Crippen molar-refractivity contribution in [3.63, 3.8) is 0 Å². The summed E-state index contributed by atoms with van der Waals surface area (Å²) in [5.41, 5.74) is 14.8. The zero-order valence-electron chi connectivity index (χ0n) is 30.3. The van der Waals surface area contributed by atoms with Crippen LogP contribution in [0.4, 0.5) is 17.1 Å². The quantitative estimate of drug-likeness (QED) is 0.172. The molecule has 0 aliphatic heterocycles. The number of fused-ring (bicyclic) bond motifs is 6. The molecule has 0 amide bonds. The zero-order valence-corrected chi connectivity index (χ0v) is 31.1. The maximum atomic E-state index is 2.57. The number of rotatable bonds is 5. The van der Waals surface area contributed by atoms with E-state index < -0.39 is 0 Å². The van der Waals surface area contributed by atoms with E-state index in [4.69, 9.17) is 0 Å². The molecule has 4 fully saturated rings. The smallest absolute Gasteiger partial charge is 0.0540 e. The van der Waals surface area contributed by atoms with Gasteiger partial charge in [0.1, 0.15) is 0 Å². The van der Waals surface area contributed by atoms with Gasteiger partial charge in [-0.25, -0.2) is 0 Å². The molecule has 1 aromatic heterocycles. The summed E-state index contributed by atoms with van der Waals surface area (Å²) in [6.07, 6.45) is 7.08. The van der Waals surface area contributed by atoms with Gasteiger partial charge in [0, 0.05) is 42.5 Å². The lowest BCUT2D eigenvalue weighted by Gasteiger charge is -2.61. The Balaban J connectivity index is 1.10. The Bertz CT molecular complexity index is 2710. The highest BCUT2D eigenvalue weighted by Crippen LogP contribution is 2.69. The van der Waals surface area contributed by atoms with Crippen LogP contribution in [-0.4, -0.2) is 0 Å². The lowest BCUT2D eigenvalue weighted by Crippen LogP contribution is -2.55. The minimum Gasteiger partial charge on any atom is -0.310 e. The van der Waals surface area contributed by atoms with E-state index in [1.54, 1.807) is 11.1 Å². The summed E-state index contributed by atoms with van der Waals surface area (Å²) in [6.45, 7) is 0. The molecule has 7 aromatic carbocycles. The van der Waals surface area contributed by atoms with Crippen LogP contribution in [0.1, 0.15) is 43.2 Å². The third-order valence-corrected chi connectivity index (χ3v) is 15.0. The number of hydrogen-bond acceptors (Lipinski definition) is 2. The Hall–Kier alpha value is -5.44. The average molecular weight is 712 g/mol. The predicted octanol–water partition coefficient (Wildman–Crippen LogP) is 14.6. The normalized spacial score (nSPS) is 23.3. The van der Waals surface area contributed by atoms with Crippen LogP contribution in [0.2, 0.25) is 0 Å². The van der Waals surface area contributed by atoms with Crippen molar-refractivity contribution >= 4 is 48.6 Å². The molecule has 260 valence electrons. The van der Waals surface area contributed by atoms with Gasteiger partial charge >= 0.3 is 0 Å². The van der Waals surface area contributed by atoms with Crippen molar-refractivity contribution in [2.75, 3.05) is 4.90 Å². The van der Waals surface area contributed by atoms with Crippen molar-refractivity contribution < 1.29 is 0 Å². The predicted molar refractivity (Wildman–Crippen MR) is 228 cm³/mol. The molecule has 54 heavy (non-hydrogen) atoms. The van der Waals surface area contributed by atoms with Crippen molar-refractivity contribution in [1.82, 2.24) is 0 Å². The van der Waals surface area contributed by atoms with E-state index in [2.05, 4.69) is 169 Å². The molecular formula is C52H41NS. The van der Waals surface area contributed by atoms with E-state index in [1.165, 1.54) is 103 Å². The van der Waals surface area contributed by atoms with Crippen LogP contribution in [0.15, 0.2) is 164 Å². The fourth-order valence-electron chi connectivity index (χ4n) is 12.0. The van der Waals surface area contributed by atoms with Crippen molar-refractivity contribution in [2.45, 2.75) is 37.5 Å². The van der Waals surface area contributed by atoms with Gasteiger partial charge in [-0.2, -0.15) is 0 Å². The summed E-state index contributed by atoms with van der Waals surface area (Å²) < 4.78 is 2.66. The van der Waals surface area contributed by atoms with Gasteiger partial charge in [-0.1, -0.05) is 121 Å². The molecule has 0 unspecified atom stereocenters. The monoisotopic (exact) mass is 711 g/mol. The highest BCUT2D eigenvalue weighted by atomic mass is 32.1. The van der Waals surface area contributed by atoms with Gasteiger partial charge in [0.05, 0.1) is 5.69 Å². The van der Waals surface area contributed by atoms with Crippen molar-refractivity contribution in [3.05, 3.63) is 175 Å². The Kier molecular flexibility index (Phi) is 6.75. The first-order chi connectivity index (χ1) is 26.7. The topological polar surface area (TPSA) is 3.24 Å². The minimum absolute atomic E-state index is 0.158. The third-order valence-electron chi connectivity index (χ3n) is 13.8. The Morgan fingerprint density at radius 2 is 1.06 bits per heavy atom. The van der Waals surface area contributed by atoms with Gasteiger partial charge in [0.2, 0.25) is 0 Å². The SMILES string of the molecule is c1ccc(-c2ccc(N(c3ccc4c(c3)-c3ccccc3C43C4CC5CC(C4)CC3C5)c3ccc4c(c3)sc3ccccc34)c(-c3ccccc3)c2)cc1. The first-order valence-electron chi connectivity index (χ1n) is 19.9. The van der Waals surface area contributed by atoms with Gasteiger partial charge in [-0.15, -0.1) is 11.3 Å². The molecule has 0 atom stereocenters. The van der Waals surface area contributed by atoms with E-state index in [0.717, 1.165) is 23.7 Å². The molecule has 1 nitrogen and oxygen atoms in total. The molecule has 0 N–H and O–H groups in total. The first kappa shape index (κ1) is 31.0. The van der Waals surface area contributed by atoms with Gasteiger partial charge < -0.3 is 4.90 Å². The second-order valence-electron chi connectivity index (χ2n) is 16.5. The molecule has 1 heterocycles.